The standard InChI is InChI=1S/C21H18N4O6/c1-12(26)23-16-7-3-14(4-8-16)19-20(25(29)30)18(11-22-28)31-21(19)15-5-9-17(10-6-15)24-13(2)27/h3-11,28H,1-2H3,(H,23,26)(H,24,27). The molecule has 0 aliphatic carbocycles. The number of hydrogen-bond donors (Lipinski definition) is 3. The van der Waals surface area contributed by atoms with Gasteiger partial charge in [-0.2, -0.15) is 0 Å². The first-order valence-electron chi connectivity index (χ1n) is 9.04. The van der Waals surface area contributed by atoms with Gasteiger partial charge in [0.1, 0.15) is 17.5 Å². The third-order valence-corrected chi connectivity index (χ3v) is 4.23. The van der Waals surface area contributed by atoms with Crippen LogP contribution >= 0.6 is 0 Å². The average Bonchev–Trinajstić information content (AvgIpc) is 3.08. The van der Waals surface area contributed by atoms with Crippen LogP contribution < -0.4 is 10.6 Å². The lowest BCUT2D eigenvalue weighted by Crippen LogP contribution is -2.05. The van der Waals surface area contributed by atoms with Crippen LogP contribution in [0.15, 0.2) is 58.1 Å². The van der Waals surface area contributed by atoms with Crippen LogP contribution in [0, 0.1) is 10.1 Å². The van der Waals surface area contributed by atoms with E-state index in [1.807, 2.05) is 0 Å². The molecule has 158 valence electrons. The van der Waals surface area contributed by atoms with E-state index < -0.39 is 4.92 Å². The molecule has 0 unspecified atom stereocenters. The Labute approximate surface area is 176 Å². The predicted octanol–water partition coefficient (Wildman–Crippen LogP) is 4.25. The van der Waals surface area contributed by atoms with E-state index in [9.17, 15) is 19.7 Å². The number of carbonyl (C=O) groups excluding carboxylic acids is 2. The predicted molar refractivity (Wildman–Crippen MR) is 114 cm³/mol. The zero-order valence-electron chi connectivity index (χ0n) is 16.6. The van der Waals surface area contributed by atoms with E-state index in [0.717, 1.165) is 6.21 Å². The number of furan rings is 1. The van der Waals surface area contributed by atoms with E-state index in [2.05, 4.69) is 15.8 Å². The van der Waals surface area contributed by atoms with Gasteiger partial charge in [0.2, 0.25) is 17.6 Å². The summed E-state index contributed by atoms with van der Waals surface area (Å²) in [7, 11) is 0. The summed E-state index contributed by atoms with van der Waals surface area (Å²) in [5.74, 6) is -0.524. The molecule has 0 saturated carbocycles. The Morgan fingerprint density at radius 2 is 1.45 bits per heavy atom. The number of benzene rings is 2. The number of nitro groups is 1. The molecular formula is C21H18N4O6. The maximum absolute atomic E-state index is 11.8. The van der Waals surface area contributed by atoms with Gasteiger partial charge in [0.25, 0.3) is 0 Å². The topological polar surface area (TPSA) is 147 Å². The fraction of sp³-hybridized carbons (Fsp3) is 0.0952. The van der Waals surface area contributed by atoms with E-state index in [1.54, 1.807) is 48.5 Å². The van der Waals surface area contributed by atoms with Gasteiger partial charge in [-0.25, -0.2) is 0 Å². The molecule has 10 heteroatoms. The number of nitrogens with one attached hydrogen (secondary N) is 2. The van der Waals surface area contributed by atoms with Crippen LogP contribution in [-0.4, -0.2) is 28.2 Å². The van der Waals surface area contributed by atoms with Gasteiger partial charge in [0, 0.05) is 30.8 Å². The SMILES string of the molecule is CC(=O)Nc1ccc(-c2oc(C=NO)c([N+](=O)[O-])c2-c2ccc(NC(C)=O)cc2)cc1. The fourth-order valence-electron chi connectivity index (χ4n) is 3.06. The first kappa shape index (κ1) is 21.2. The van der Waals surface area contributed by atoms with Crippen LogP contribution in [0.2, 0.25) is 0 Å². The van der Waals surface area contributed by atoms with Gasteiger partial charge in [-0.05, 0) is 42.0 Å². The van der Waals surface area contributed by atoms with Gasteiger partial charge in [-0.1, -0.05) is 17.3 Å². The van der Waals surface area contributed by atoms with E-state index in [0.29, 0.717) is 22.5 Å². The van der Waals surface area contributed by atoms with Crippen molar-refractivity contribution in [3.63, 3.8) is 0 Å². The second-order valence-corrected chi connectivity index (χ2v) is 6.54. The van der Waals surface area contributed by atoms with Crippen LogP contribution in [0.4, 0.5) is 17.1 Å². The lowest BCUT2D eigenvalue weighted by atomic mass is 9.99. The van der Waals surface area contributed by atoms with Crippen molar-refractivity contribution in [2.75, 3.05) is 10.6 Å². The molecule has 2 aromatic carbocycles. The third kappa shape index (κ3) is 4.75. The van der Waals surface area contributed by atoms with Crippen LogP contribution in [0.3, 0.4) is 0 Å². The van der Waals surface area contributed by atoms with Gasteiger partial charge >= 0.3 is 5.69 Å². The Kier molecular flexibility index (Phi) is 6.10. The summed E-state index contributed by atoms with van der Waals surface area (Å²) in [6.07, 6.45) is 0.850. The lowest BCUT2D eigenvalue weighted by Gasteiger charge is -2.07. The smallest absolute Gasteiger partial charge is 0.324 e. The van der Waals surface area contributed by atoms with Gasteiger partial charge in [0.05, 0.1) is 4.92 Å². The highest BCUT2D eigenvalue weighted by Crippen LogP contribution is 2.43. The second-order valence-electron chi connectivity index (χ2n) is 6.54. The van der Waals surface area contributed by atoms with Crippen LogP contribution in [-0.2, 0) is 9.59 Å². The highest BCUT2D eigenvalue weighted by atomic mass is 16.6. The van der Waals surface area contributed by atoms with Crippen molar-refractivity contribution in [1.29, 1.82) is 0 Å². The van der Waals surface area contributed by atoms with E-state index >= 15 is 0 Å². The Hall–Kier alpha value is -4.47. The minimum Gasteiger partial charge on any atom is -0.447 e. The number of amides is 2. The summed E-state index contributed by atoms with van der Waals surface area (Å²) >= 11 is 0. The summed E-state index contributed by atoms with van der Waals surface area (Å²) < 4.78 is 5.70. The Balaban J connectivity index is 2.17. The maximum Gasteiger partial charge on any atom is 0.324 e. The normalized spacial score (nSPS) is 10.8. The molecule has 0 aliphatic rings. The van der Waals surface area contributed by atoms with Crippen molar-refractivity contribution < 1.29 is 24.1 Å². The highest BCUT2D eigenvalue weighted by Gasteiger charge is 2.31. The Morgan fingerprint density at radius 1 is 0.968 bits per heavy atom. The van der Waals surface area contributed by atoms with Crippen molar-refractivity contribution in [3.05, 3.63) is 64.4 Å². The van der Waals surface area contributed by atoms with Crippen LogP contribution in [0.1, 0.15) is 19.6 Å². The third-order valence-electron chi connectivity index (χ3n) is 4.23. The molecule has 0 aliphatic heterocycles. The van der Waals surface area contributed by atoms with E-state index in [1.165, 1.54) is 13.8 Å². The number of anilines is 2. The molecule has 1 aromatic heterocycles. The molecule has 3 N–H and O–H groups in total. The molecular weight excluding hydrogens is 404 g/mol. The largest absolute Gasteiger partial charge is 0.447 e. The first-order chi connectivity index (χ1) is 14.8. The molecule has 31 heavy (non-hydrogen) atoms. The van der Waals surface area contributed by atoms with Crippen molar-refractivity contribution in [1.82, 2.24) is 0 Å². The zero-order valence-corrected chi connectivity index (χ0v) is 16.6. The van der Waals surface area contributed by atoms with Gasteiger partial charge in [-0.15, -0.1) is 0 Å². The summed E-state index contributed by atoms with van der Waals surface area (Å²) in [6, 6.07) is 13.0. The Morgan fingerprint density at radius 3 is 1.87 bits per heavy atom. The molecule has 0 bridgehead atoms. The molecule has 0 spiro atoms. The minimum absolute atomic E-state index is 0.182. The molecule has 10 nitrogen and oxygen atoms in total. The monoisotopic (exact) mass is 422 g/mol. The number of carbonyl (C=O) groups is 2. The van der Waals surface area contributed by atoms with E-state index in [4.69, 9.17) is 9.62 Å². The summed E-state index contributed by atoms with van der Waals surface area (Å²) in [5.41, 5.74) is 1.86. The fourth-order valence-corrected chi connectivity index (χ4v) is 3.06. The highest BCUT2D eigenvalue weighted by molar-refractivity contribution is 5.96. The molecule has 0 saturated heterocycles. The van der Waals surface area contributed by atoms with Crippen molar-refractivity contribution >= 4 is 35.1 Å². The van der Waals surface area contributed by atoms with Gasteiger partial charge in [-0.3, -0.25) is 19.7 Å². The zero-order chi connectivity index (χ0) is 22.5. The minimum atomic E-state index is -0.618. The summed E-state index contributed by atoms with van der Waals surface area (Å²) in [5, 5.41) is 28.9. The molecule has 3 rings (SSSR count). The number of oxime groups is 1. The lowest BCUT2D eigenvalue weighted by molar-refractivity contribution is -0.384. The molecule has 2 amide bonds. The number of rotatable bonds is 6. The maximum atomic E-state index is 11.8. The first-order valence-corrected chi connectivity index (χ1v) is 9.04. The Bertz CT molecular complexity index is 1160. The second kappa shape index (κ2) is 8.91. The van der Waals surface area contributed by atoms with Crippen LogP contribution in [0.25, 0.3) is 22.5 Å². The quantitative estimate of drug-likeness (QED) is 0.234. The van der Waals surface area contributed by atoms with Crippen molar-refractivity contribution in [3.8, 4) is 22.5 Å². The van der Waals surface area contributed by atoms with Crippen LogP contribution in [0.5, 0.6) is 0 Å². The van der Waals surface area contributed by atoms with E-state index in [-0.39, 0.29) is 34.6 Å². The molecule has 0 fully saturated rings. The molecule has 0 radical (unpaired) electrons. The summed E-state index contributed by atoms with van der Waals surface area (Å²) in [4.78, 5) is 33.7. The number of hydrogen-bond acceptors (Lipinski definition) is 7. The van der Waals surface area contributed by atoms with Crippen molar-refractivity contribution in [2.24, 2.45) is 5.16 Å². The molecule has 3 aromatic rings. The summed E-state index contributed by atoms with van der Waals surface area (Å²) in [6.45, 7) is 2.76. The van der Waals surface area contributed by atoms with Gasteiger partial charge < -0.3 is 20.3 Å². The van der Waals surface area contributed by atoms with Crippen molar-refractivity contribution in [2.45, 2.75) is 13.8 Å². The molecule has 0 atom stereocenters. The number of nitrogens with zero attached hydrogens (tertiary/aromatic N) is 2. The average molecular weight is 422 g/mol. The molecule has 1 heterocycles. The van der Waals surface area contributed by atoms with Gasteiger partial charge in [0.15, 0.2) is 0 Å².